The quantitative estimate of drug-likeness (QED) is 0.604. The monoisotopic (exact) mass is 381 g/mol. The van der Waals surface area contributed by atoms with Crippen LogP contribution in [0.4, 0.5) is 5.69 Å². The predicted molar refractivity (Wildman–Crippen MR) is 115 cm³/mol. The Balaban J connectivity index is 1.85. The predicted octanol–water partition coefficient (Wildman–Crippen LogP) is 4.10. The van der Waals surface area contributed by atoms with Crippen molar-refractivity contribution in [3.63, 3.8) is 0 Å². The number of nitrogens with one attached hydrogen (secondary N) is 1. The summed E-state index contributed by atoms with van der Waals surface area (Å²) in [5.74, 6) is 1.34. The first kappa shape index (κ1) is 20.2. The molecule has 28 heavy (non-hydrogen) atoms. The summed E-state index contributed by atoms with van der Waals surface area (Å²) in [5.41, 5.74) is 11.9. The topological polar surface area (TPSA) is 68.9 Å². The van der Waals surface area contributed by atoms with Gasteiger partial charge in [-0.3, -0.25) is 4.99 Å². The van der Waals surface area contributed by atoms with E-state index < -0.39 is 0 Å². The maximum absolute atomic E-state index is 6.22. The maximum Gasteiger partial charge on any atom is 0.193 e. The molecule has 150 valence electrons. The third kappa shape index (κ3) is 4.47. The number of nitrogens with two attached hydrogens (primary N) is 1. The first-order valence-corrected chi connectivity index (χ1v) is 9.80. The normalized spacial score (nSPS) is 16.6. The van der Waals surface area contributed by atoms with Crippen LogP contribution in [-0.4, -0.2) is 32.8 Å². The van der Waals surface area contributed by atoms with Gasteiger partial charge in [0.25, 0.3) is 0 Å². The van der Waals surface area contributed by atoms with Crippen molar-refractivity contribution >= 4 is 11.6 Å². The molecule has 0 amide bonds. The third-order valence-electron chi connectivity index (χ3n) is 5.71. The smallest absolute Gasteiger partial charge is 0.193 e. The highest BCUT2D eigenvalue weighted by atomic mass is 16.5. The molecular formula is C23H31N3O2. The van der Waals surface area contributed by atoms with Gasteiger partial charge in [-0.2, -0.15) is 0 Å². The standard InChI is InChI=1S/C23H31N3O2/c1-16-5-8-21(27-4)20(13-16)23(9-11-28-12-10-23)15-25-22(24)26-19-7-6-17(2)18(3)14-19/h5-8,13-14H,9-12,15H2,1-4H3,(H3,24,25,26). The third-order valence-corrected chi connectivity index (χ3v) is 5.71. The molecule has 1 heterocycles. The van der Waals surface area contributed by atoms with Gasteiger partial charge in [-0.05, 0) is 62.9 Å². The molecule has 2 aromatic rings. The molecule has 3 N–H and O–H groups in total. The Morgan fingerprint density at radius 1 is 1.11 bits per heavy atom. The van der Waals surface area contributed by atoms with Crippen LogP contribution in [0.2, 0.25) is 0 Å². The molecule has 0 aromatic heterocycles. The number of hydrogen-bond acceptors (Lipinski definition) is 3. The van der Waals surface area contributed by atoms with Gasteiger partial charge >= 0.3 is 0 Å². The number of methoxy groups -OCH3 is 1. The number of nitrogens with zero attached hydrogens (tertiary/aromatic N) is 1. The zero-order chi connectivity index (χ0) is 20.1. The summed E-state index contributed by atoms with van der Waals surface area (Å²) in [4.78, 5) is 4.72. The molecule has 1 aliphatic heterocycles. The molecule has 0 aliphatic carbocycles. The number of aliphatic imine (C=N–C) groups is 1. The second-order valence-corrected chi connectivity index (χ2v) is 7.72. The van der Waals surface area contributed by atoms with E-state index in [1.807, 2.05) is 12.1 Å². The van der Waals surface area contributed by atoms with E-state index in [1.165, 1.54) is 22.3 Å². The minimum absolute atomic E-state index is 0.134. The molecule has 2 aromatic carbocycles. The number of benzene rings is 2. The minimum Gasteiger partial charge on any atom is -0.496 e. The fraction of sp³-hybridized carbons (Fsp3) is 0.435. The van der Waals surface area contributed by atoms with E-state index in [4.69, 9.17) is 20.2 Å². The second-order valence-electron chi connectivity index (χ2n) is 7.72. The number of guanidine groups is 1. The van der Waals surface area contributed by atoms with E-state index in [2.05, 4.69) is 50.4 Å². The highest BCUT2D eigenvalue weighted by molar-refractivity contribution is 5.92. The molecule has 5 heteroatoms. The van der Waals surface area contributed by atoms with Gasteiger partial charge in [0.1, 0.15) is 5.75 Å². The van der Waals surface area contributed by atoms with Crippen LogP contribution in [0, 0.1) is 20.8 Å². The van der Waals surface area contributed by atoms with Gasteiger partial charge < -0.3 is 20.5 Å². The Hall–Kier alpha value is -2.53. The molecule has 0 bridgehead atoms. The Morgan fingerprint density at radius 2 is 1.86 bits per heavy atom. The highest BCUT2D eigenvalue weighted by Crippen LogP contribution is 2.40. The van der Waals surface area contributed by atoms with Gasteiger partial charge in [0.05, 0.1) is 13.7 Å². The number of rotatable bonds is 5. The Bertz CT molecular complexity index is 855. The van der Waals surface area contributed by atoms with E-state index in [0.717, 1.165) is 37.5 Å². The van der Waals surface area contributed by atoms with E-state index in [-0.39, 0.29) is 5.41 Å². The first-order chi connectivity index (χ1) is 13.4. The molecule has 5 nitrogen and oxygen atoms in total. The summed E-state index contributed by atoms with van der Waals surface area (Å²) >= 11 is 0. The molecular weight excluding hydrogens is 350 g/mol. The fourth-order valence-electron chi connectivity index (χ4n) is 3.75. The highest BCUT2D eigenvalue weighted by Gasteiger charge is 2.37. The molecule has 0 saturated carbocycles. The fourth-order valence-corrected chi connectivity index (χ4v) is 3.75. The summed E-state index contributed by atoms with van der Waals surface area (Å²) in [6.07, 6.45) is 1.79. The largest absolute Gasteiger partial charge is 0.496 e. The summed E-state index contributed by atoms with van der Waals surface area (Å²) in [5, 5.41) is 3.22. The second kappa shape index (κ2) is 8.65. The van der Waals surface area contributed by atoms with Crippen LogP contribution in [0.5, 0.6) is 5.75 Å². The molecule has 1 aliphatic rings. The van der Waals surface area contributed by atoms with Gasteiger partial charge in [-0.1, -0.05) is 23.8 Å². The molecule has 0 spiro atoms. The van der Waals surface area contributed by atoms with E-state index >= 15 is 0 Å². The SMILES string of the molecule is COc1ccc(C)cc1C1(CN=C(N)Nc2ccc(C)c(C)c2)CCOCC1. The molecule has 3 rings (SSSR count). The zero-order valence-corrected chi connectivity index (χ0v) is 17.3. The van der Waals surface area contributed by atoms with Crippen LogP contribution in [-0.2, 0) is 10.2 Å². The van der Waals surface area contributed by atoms with Crippen LogP contribution < -0.4 is 15.8 Å². The van der Waals surface area contributed by atoms with Crippen molar-refractivity contribution in [2.45, 2.75) is 39.0 Å². The molecule has 0 unspecified atom stereocenters. The average molecular weight is 382 g/mol. The van der Waals surface area contributed by atoms with Crippen molar-refractivity contribution in [2.75, 3.05) is 32.2 Å². The van der Waals surface area contributed by atoms with E-state index in [9.17, 15) is 0 Å². The van der Waals surface area contributed by atoms with Gasteiger partial charge in [0.2, 0.25) is 0 Å². The number of hydrogen-bond donors (Lipinski definition) is 2. The number of ether oxygens (including phenoxy) is 2. The van der Waals surface area contributed by atoms with Gasteiger partial charge in [-0.25, -0.2) is 0 Å². The lowest BCUT2D eigenvalue weighted by Crippen LogP contribution is -2.38. The number of anilines is 1. The van der Waals surface area contributed by atoms with Crippen LogP contribution >= 0.6 is 0 Å². The summed E-state index contributed by atoms with van der Waals surface area (Å²) in [6.45, 7) is 8.33. The van der Waals surface area contributed by atoms with Crippen molar-refractivity contribution in [2.24, 2.45) is 10.7 Å². The average Bonchev–Trinajstić information content (AvgIpc) is 2.70. The Labute approximate surface area is 168 Å². The minimum atomic E-state index is -0.134. The van der Waals surface area contributed by atoms with Gasteiger partial charge in [0.15, 0.2) is 5.96 Å². The van der Waals surface area contributed by atoms with Crippen LogP contribution in [0.25, 0.3) is 0 Å². The van der Waals surface area contributed by atoms with E-state index in [1.54, 1.807) is 7.11 Å². The lowest BCUT2D eigenvalue weighted by atomic mass is 9.73. The van der Waals surface area contributed by atoms with E-state index in [0.29, 0.717) is 12.5 Å². The Morgan fingerprint density at radius 3 is 2.54 bits per heavy atom. The van der Waals surface area contributed by atoms with Crippen molar-refractivity contribution in [1.29, 1.82) is 0 Å². The molecule has 1 saturated heterocycles. The van der Waals surface area contributed by atoms with Gasteiger partial charge in [0, 0.05) is 29.9 Å². The summed E-state index contributed by atoms with van der Waals surface area (Å²) < 4.78 is 11.3. The van der Waals surface area contributed by atoms with Crippen LogP contribution in [0.3, 0.4) is 0 Å². The van der Waals surface area contributed by atoms with Crippen molar-refractivity contribution in [3.05, 3.63) is 58.7 Å². The van der Waals surface area contributed by atoms with Gasteiger partial charge in [-0.15, -0.1) is 0 Å². The molecule has 0 radical (unpaired) electrons. The first-order valence-electron chi connectivity index (χ1n) is 9.80. The lowest BCUT2D eigenvalue weighted by molar-refractivity contribution is 0.0523. The maximum atomic E-state index is 6.22. The number of aryl methyl sites for hydroxylation is 3. The Kier molecular flexibility index (Phi) is 6.25. The zero-order valence-electron chi connectivity index (χ0n) is 17.3. The summed E-state index contributed by atoms with van der Waals surface area (Å²) in [6, 6.07) is 12.5. The molecule has 1 fully saturated rings. The van der Waals surface area contributed by atoms with Crippen molar-refractivity contribution in [1.82, 2.24) is 0 Å². The van der Waals surface area contributed by atoms with Crippen LogP contribution in [0.1, 0.15) is 35.1 Å². The lowest BCUT2D eigenvalue weighted by Gasteiger charge is -2.37. The summed E-state index contributed by atoms with van der Waals surface area (Å²) in [7, 11) is 1.72. The van der Waals surface area contributed by atoms with Crippen molar-refractivity contribution < 1.29 is 9.47 Å². The van der Waals surface area contributed by atoms with Crippen LogP contribution in [0.15, 0.2) is 41.4 Å². The van der Waals surface area contributed by atoms with Crippen molar-refractivity contribution in [3.8, 4) is 5.75 Å². The molecule has 0 atom stereocenters.